The lowest BCUT2D eigenvalue weighted by atomic mass is 10.1. The van der Waals surface area contributed by atoms with Crippen molar-refractivity contribution < 1.29 is 18.0 Å². The number of hydrogen-bond acceptors (Lipinski definition) is 5. The molecule has 0 aromatic heterocycles. The summed E-state index contributed by atoms with van der Waals surface area (Å²) in [6.07, 6.45) is 0.378. The molecule has 0 saturated carbocycles. The van der Waals surface area contributed by atoms with Gasteiger partial charge in [-0.3, -0.25) is 9.59 Å². The Kier molecular flexibility index (Phi) is 5.25. The standard InChI is InChI=1S/C14H18N2O4S2/c1-10(17)21-9-11-6-14(18)16(8-11)12-4-3-5-13(7-12)22(19,20)15-2/h3-5,7,11,15H,6,8-9H2,1-2H3. The number of carbonyl (C=O) groups is 2. The van der Waals surface area contributed by atoms with E-state index < -0.39 is 10.0 Å². The van der Waals surface area contributed by atoms with Crippen LogP contribution in [0.5, 0.6) is 0 Å². The zero-order valence-electron chi connectivity index (χ0n) is 12.4. The van der Waals surface area contributed by atoms with E-state index in [2.05, 4.69) is 4.72 Å². The summed E-state index contributed by atoms with van der Waals surface area (Å²) < 4.78 is 25.9. The first kappa shape index (κ1) is 17.0. The minimum atomic E-state index is -3.54. The fourth-order valence-corrected chi connectivity index (χ4v) is 3.78. The highest BCUT2D eigenvalue weighted by molar-refractivity contribution is 8.13. The van der Waals surface area contributed by atoms with Crippen LogP contribution in [0.3, 0.4) is 0 Å². The molecule has 1 saturated heterocycles. The molecule has 8 heteroatoms. The van der Waals surface area contributed by atoms with Crippen LogP contribution in [0.15, 0.2) is 29.2 Å². The van der Waals surface area contributed by atoms with E-state index in [1.165, 1.54) is 37.9 Å². The summed E-state index contributed by atoms with van der Waals surface area (Å²) in [6, 6.07) is 6.31. The lowest BCUT2D eigenvalue weighted by Gasteiger charge is -2.17. The van der Waals surface area contributed by atoms with Crippen LogP contribution in [-0.4, -0.2) is 38.8 Å². The topological polar surface area (TPSA) is 83.6 Å². The first-order valence-corrected chi connectivity index (χ1v) is 9.27. The lowest BCUT2D eigenvalue weighted by Crippen LogP contribution is -2.25. The third-order valence-corrected chi connectivity index (χ3v) is 5.89. The Morgan fingerprint density at radius 3 is 2.82 bits per heavy atom. The molecular formula is C14H18N2O4S2. The van der Waals surface area contributed by atoms with Crippen molar-refractivity contribution in [3.63, 3.8) is 0 Å². The molecule has 1 aromatic rings. The van der Waals surface area contributed by atoms with Gasteiger partial charge in [0.15, 0.2) is 5.12 Å². The fraction of sp³-hybridized carbons (Fsp3) is 0.429. The lowest BCUT2D eigenvalue weighted by molar-refractivity contribution is -0.117. The van der Waals surface area contributed by atoms with Crippen LogP contribution in [0.1, 0.15) is 13.3 Å². The summed E-state index contributed by atoms with van der Waals surface area (Å²) in [5.41, 5.74) is 0.566. The molecule has 1 aromatic carbocycles. The maximum Gasteiger partial charge on any atom is 0.240 e. The van der Waals surface area contributed by atoms with E-state index in [4.69, 9.17) is 0 Å². The number of nitrogens with one attached hydrogen (secondary N) is 1. The Morgan fingerprint density at radius 2 is 2.18 bits per heavy atom. The van der Waals surface area contributed by atoms with Crippen LogP contribution in [0.4, 0.5) is 5.69 Å². The third kappa shape index (κ3) is 3.88. The first-order valence-electron chi connectivity index (χ1n) is 6.81. The average Bonchev–Trinajstić information content (AvgIpc) is 2.86. The van der Waals surface area contributed by atoms with E-state index in [1.807, 2.05) is 0 Å². The predicted octanol–water partition coefficient (Wildman–Crippen LogP) is 1.23. The van der Waals surface area contributed by atoms with Gasteiger partial charge >= 0.3 is 0 Å². The minimum absolute atomic E-state index is 0.0352. The molecule has 1 fully saturated rings. The van der Waals surface area contributed by atoms with E-state index in [0.29, 0.717) is 24.4 Å². The second-order valence-electron chi connectivity index (χ2n) is 5.08. The maximum atomic E-state index is 12.1. The molecule has 1 aliphatic rings. The van der Waals surface area contributed by atoms with Gasteiger partial charge < -0.3 is 4.90 Å². The summed E-state index contributed by atoms with van der Waals surface area (Å²) in [7, 11) is -2.19. The highest BCUT2D eigenvalue weighted by Crippen LogP contribution is 2.28. The van der Waals surface area contributed by atoms with Crippen LogP contribution < -0.4 is 9.62 Å². The first-order chi connectivity index (χ1) is 10.3. The van der Waals surface area contributed by atoms with Crippen LogP contribution >= 0.6 is 11.8 Å². The van der Waals surface area contributed by atoms with Gasteiger partial charge in [-0.1, -0.05) is 17.8 Å². The van der Waals surface area contributed by atoms with Gasteiger partial charge in [0.1, 0.15) is 0 Å². The zero-order chi connectivity index (χ0) is 16.3. The Morgan fingerprint density at radius 1 is 1.45 bits per heavy atom. The molecule has 0 bridgehead atoms. The highest BCUT2D eigenvalue weighted by Gasteiger charge is 2.31. The zero-order valence-corrected chi connectivity index (χ0v) is 14.0. The van der Waals surface area contributed by atoms with Crippen molar-refractivity contribution in [2.24, 2.45) is 5.92 Å². The van der Waals surface area contributed by atoms with Crippen molar-refractivity contribution in [2.75, 3.05) is 24.2 Å². The largest absolute Gasteiger partial charge is 0.312 e. The Labute approximate surface area is 134 Å². The van der Waals surface area contributed by atoms with E-state index in [9.17, 15) is 18.0 Å². The fourth-order valence-electron chi connectivity index (χ4n) is 2.31. The Hall–Kier alpha value is -1.38. The van der Waals surface area contributed by atoms with Gasteiger partial charge in [-0.25, -0.2) is 13.1 Å². The molecule has 0 radical (unpaired) electrons. The molecule has 6 nitrogen and oxygen atoms in total. The van der Waals surface area contributed by atoms with E-state index in [1.54, 1.807) is 17.0 Å². The second-order valence-corrected chi connectivity index (χ2v) is 8.17. The molecule has 22 heavy (non-hydrogen) atoms. The second kappa shape index (κ2) is 6.80. The van der Waals surface area contributed by atoms with Crippen molar-refractivity contribution in [3.05, 3.63) is 24.3 Å². The Balaban J connectivity index is 2.17. The van der Waals surface area contributed by atoms with Gasteiger partial charge in [0.05, 0.1) is 4.90 Å². The number of thioether (sulfide) groups is 1. The minimum Gasteiger partial charge on any atom is -0.312 e. The van der Waals surface area contributed by atoms with Crippen LogP contribution in [-0.2, 0) is 19.6 Å². The molecule has 1 unspecified atom stereocenters. The number of sulfonamides is 1. The number of hydrogen-bond donors (Lipinski definition) is 1. The number of benzene rings is 1. The summed E-state index contributed by atoms with van der Waals surface area (Å²) >= 11 is 1.22. The number of rotatable bonds is 5. The number of anilines is 1. The van der Waals surface area contributed by atoms with Crippen molar-refractivity contribution in [1.82, 2.24) is 4.72 Å². The molecule has 1 aliphatic heterocycles. The van der Waals surface area contributed by atoms with Crippen molar-refractivity contribution in [1.29, 1.82) is 0 Å². The molecule has 0 aliphatic carbocycles. The van der Waals surface area contributed by atoms with Gasteiger partial charge in [0.2, 0.25) is 15.9 Å². The van der Waals surface area contributed by atoms with Gasteiger partial charge in [-0.15, -0.1) is 0 Å². The normalized spacial score (nSPS) is 18.7. The molecule has 1 atom stereocenters. The third-order valence-electron chi connectivity index (χ3n) is 3.44. The molecular weight excluding hydrogens is 324 g/mol. The summed E-state index contributed by atoms with van der Waals surface area (Å²) in [5, 5.41) is 0.0352. The predicted molar refractivity (Wildman–Crippen MR) is 86.3 cm³/mol. The summed E-state index contributed by atoms with van der Waals surface area (Å²) in [5.74, 6) is 0.658. The van der Waals surface area contributed by atoms with Crippen LogP contribution in [0.2, 0.25) is 0 Å². The molecule has 120 valence electrons. The summed E-state index contributed by atoms with van der Waals surface area (Å²) in [6.45, 7) is 2.01. The van der Waals surface area contributed by atoms with Crippen LogP contribution in [0, 0.1) is 5.92 Å². The van der Waals surface area contributed by atoms with E-state index in [0.717, 1.165) is 0 Å². The quantitative estimate of drug-likeness (QED) is 0.870. The number of amides is 1. The van der Waals surface area contributed by atoms with Crippen LogP contribution in [0.25, 0.3) is 0 Å². The highest BCUT2D eigenvalue weighted by atomic mass is 32.2. The smallest absolute Gasteiger partial charge is 0.240 e. The molecule has 2 rings (SSSR count). The van der Waals surface area contributed by atoms with Gasteiger partial charge in [0.25, 0.3) is 0 Å². The molecule has 1 amide bonds. The SMILES string of the molecule is CNS(=O)(=O)c1cccc(N2CC(CSC(C)=O)CC2=O)c1. The monoisotopic (exact) mass is 342 g/mol. The van der Waals surface area contributed by atoms with E-state index >= 15 is 0 Å². The molecule has 1 heterocycles. The van der Waals surface area contributed by atoms with Gasteiger partial charge in [-0.05, 0) is 31.2 Å². The Bertz CT molecular complexity index is 688. The van der Waals surface area contributed by atoms with Crippen molar-refractivity contribution in [2.45, 2.75) is 18.2 Å². The molecule has 0 spiro atoms. The average molecular weight is 342 g/mol. The summed E-state index contributed by atoms with van der Waals surface area (Å²) in [4.78, 5) is 24.8. The molecule has 1 N–H and O–H groups in total. The van der Waals surface area contributed by atoms with Crippen molar-refractivity contribution in [3.8, 4) is 0 Å². The van der Waals surface area contributed by atoms with E-state index in [-0.39, 0.29) is 21.8 Å². The van der Waals surface area contributed by atoms with Gasteiger partial charge in [-0.2, -0.15) is 0 Å². The maximum absolute atomic E-state index is 12.1. The number of nitrogens with zero attached hydrogens (tertiary/aromatic N) is 1. The van der Waals surface area contributed by atoms with Gasteiger partial charge in [0, 0.05) is 31.3 Å². The van der Waals surface area contributed by atoms with Crippen molar-refractivity contribution >= 4 is 38.5 Å². The number of carbonyl (C=O) groups excluding carboxylic acids is 2.